The molecule has 0 spiro atoms. The molecule has 1 rings (SSSR count). The highest BCUT2D eigenvalue weighted by molar-refractivity contribution is 9.09. The first-order chi connectivity index (χ1) is 7.51. The van der Waals surface area contributed by atoms with E-state index in [-0.39, 0.29) is 16.6 Å². The maximum atomic E-state index is 11.6. The summed E-state index contributed by atoms with van der Waals surface area (Å²) in [5, 5.41) is 0.394. The number of sulfone groups is 1. The van der Waals surface area contributed by atoms with Crippen molar-refractivity contribution in [1.82, 2.24) is 0 Å². The lowest BCUT2D eigenvalue weighted by Gasteiger charge is -1.98. The molecular formula is C9H11BrO5S. The van der Waals surface area contributed by atoms with Crippen LogP contribution < -0.4 is 0 Å². The third-order valence-electron chi connectivity index (χ3n) is 1.82. The van der Waals surface area contributed by atoms with Gasteiger partial charge in [-0.3, -0.25) is 0 Å². The van der Waals surface area contributed by atoms with E-state index in [4.69, 9.17) is 4.42 Å². The van der Waals surface area contributed by atoms with Gasteiger partial charge in [0.05, 0.1) is 12.9 Å². The molecular weight excluding hydrogens is 300 g/mol. The number of hydrogen-bond acceptors (Lipinski definition) is 5. The van der Waals surface area contributed by atoms with Gasteiger partial charge in [-0.25, -0.2) is 13.2 Å². The quantitative estimate of drug-likeness (QED) is 0.610. The molecule has 0 radical (unpaired) electrons. The Morgan fingerprint density at radius 1 is 1.50 bits per heavy atom. The Hall–Kier alpha value is -0.820. The van der Waals surface area contributed by atoms with Crippen molar-refractivity contribution in [3.05, 3.63) is 17.9 Å². The summed E-state index contributed by atoms with van der Waals surface area (Å²) in [5.74, 6) is -0.825. The molecule has 0 unspecified atom stereocenters. The van der Waals surface area contributed by atoms with E-state index in [1.54, 1.807) is 0 Å². The molecule has 0 atom stereocenters. The van der Waals surface area contributed by atoms with Crippen LogP contribution in [0.2, 0.25) is 0 Å². The number of hydrogen-bond donors (Lipinski definition) is 0. The molecule has 5 nitrogen and oxygen atoms in total. The number of alkyl halides is 1. The summed E-state index contributed by atoms with van der Waals surface area (Å²) in [5.41, 5.74) is 0. The molecule has 0 aromatic carbocycles. The molecule has 1 heterocycles. The van der Waals surface area contributed by atoms with Crippen molar-refractivity contribution in [3.63, 3.8) is 0 Å². The van der Waals surface area contributed by atoms with E-state index >= 15 is 0 Å². The minimum Gasteiger partial charge on any atom is -0.463 e. The molecule has 0 N–H and O–H groups in total. The molecule has 0 fully saturated rings. The zero-order chi connectivity index (χ0) is 12.2. The molecule has 1 aromatic rings. The zero-order valence-electron chi connectivity index (χ0n) is 8.60. The van der Waals surface area contributed by atoms with Gasteiger partial charge >= 0.3 is 5.97 Å². The largest absolute Gasteiger partial charge is 0.463 e. The van der Waals surface area contributed by atoms with E-state index < -0.39 is 15.8 Å². The number of furan rings is 1. The van der Waals surface area contributed by atoms with Crippen molar-refractivity contribution in [2.45, 2.75) is 11.5 Å². The number of esters is 1. The molecule has 16 heavy (non-hydrogen) atoms. The van der Waals surface area contributed by atoms with Gasteiger partial charge in [-0.2, -0.15) is 0 Å². The lowest BCUT2D eigenvalue weighted by Crippen LogP contribution is -2.06. The summed E-state index contributed by atoms with van der Waals surface area (Å²) in [6.45, 7) is 0. The Morgan fingerprint density at radius 2 is 2.19 bits per heavy atom. The number of carbonyl (C=O) groups is 1. The second kappa shape index (κ2) is 5.49. The number of ether oxygens (including phenoxy) is 1. The second-order valence-electron chi connectivity index (χ2n) is 2.97. The maximum Gasteiger partial charge on any atom is 0.374 e. The van der Waals surface area contributed by atoms with Crippen molar-refractivity contribution in [1.29, 1.82) is 0 Å². The molecule has 7 heteroatoms. The van der Waals surface area contributed by atoms with Crippen molar-refractivity contribution in [3.8, 4) is 0 Å². The lowest BCUT2D eigenvalue weighted by molar-refractivity contribution is 0.0559. The van der Waals surface area contributed by atoms with Crippen LogP contribution in [0, 0.1) is 0 Å². The maximum absolute atomic E-state index is 11.6. The summed E-state index contributed by atoms with van der Waals surface area (Å²) in [4.78, 5) is 11.0. The van der Waals surface area contributed by atoms with Crippen molar-refractivity contribution >= 4 is 31.7 Å². The SMILES string of the molecule is COC(=O)c1ccc(S(=O)(=O)CCCBr)o1. The summed E-state index contributed by atoms with van der Waals surface area (Å²) in [6, 6.07) is 2.54. The van der Waals surface area contributed by atoms with Crippen LogP contribution in [0.1, 0.15) is 17.0 Å². The zero-order valence-corrected chi connectivity index (χ0v) is 11.0. The first-order valence-corrected chi connectivity index (χ1v) is 7.25. The summed E-state index contributed by atoms with van der Waals surface area (Å²) >= 11 is 3.15. The van der Waals surface area contributed by atoms with Gasteiger partial charge < -0.3 is 9.15 Å². The first-order valence-electron chi connectivity index (χ1n) is 4.48. The van der Waals surface area contributed by atoms with E-state index in [1.165, 1.54) is 19.2 Å². The third-order valence-corrected chi connectivity index (χ3v) is 4.04. The highest BCUT2D eigenvalue weighted by atomic mass is 79.9. The normalized spacial score (nSPS) is 11.4. The van der Waals surface area contributed by atoms with Crippen LogP contribution >= 0.6 is 15.9 Å². The van der Waals surface area contributed by atoms with Crippen molar-refractivity contribution in [2.75, 3.05) is 18.2 Å². The summed E-state index contributed by atoms with van der Waals surface area (Å²) in [7, 11) is -2.25. The van der Waals surface area contributed by atoms with Gasteiger partial charge in [0.25, 0.3) is 0 Å². The predicted molar refractivity (Wildman–Crippen MR) is 60.5 cm³/mol. The van der Waals surface area contributed by atoms with E-state index in [9.17, 15) is 13.2 Å². The van der Waals surface area contributed by atoms with E-state index in [1.807, 2.05) is 0 Å². The van der Waals surface area contributed by atoms with Gasteiger partial charge in [0.2, 0.25) is 20.7 Å². The van der Waals surface area contributed by atoms with Crippen molar-refractivity contribution < 1.29 is 22.4 Å². The fraction of sp³-hybridized carbons (Fsp3) is 0.444. The molecule has 0 aliphatic heterocycles. The van der Waals surface area contributed by atoms with Crippen LogP contribution in [0.3, 0.4) is 0 Å². The number of halogens is 1. The van der Waals surface area contributed by atoms with Crippen LogP contribution in [0.15, 0.2) is 21.6 Å². The Balaban J connectivity index is 2.89. The Kier molecular flexibility index (Phi) is 4.55. The fourth-order valence-corrected chi connectivity index (χ4v) is 2.91. The number of carbonyl (C=O) groups excluding carboxylic acids is 1. The Morgan fingerprint density at radius 3 is 2.75 bits per heavy atom. The highest BCUT2D eigenvalue weighted by Crippen LogP contribution is 2.17. The van der Waals surface area contributed by atoms with Gasteiger partial charge in [-0.15, -0.1) is 0 Å². The number of methoxy groups -OCH3 is 1. The molecule has 0 aliphatic carbocycles. The number of rotatable bonds is 5. The minimum absolute atomic E-state index is 0.0215. The molecule has 90 valence electrons. The molecule has 0 saturated carbocycles. The standard InChI is InChI=1S/C9H11BrO5S/c1-14-9(11)7-3-4-8(15-7)16(12,13)6-2-5-10/h3-4H,2,5-6H2,1H3. The van der Waals surface area contributed by atoms with Crippen LogP contribution in [0.25, 0.3) is 0 Å². The van der Waals surface area contributed by atoms with Gasteiger partial charge in [-0.05, 0) is 18.6 Å². The monoisotopic (exact) mass is 310 g/mol. The van der Waals surface area contributed by atoms with E-state index in [0.717, 1.165) is 0 Å². The van der Waals surface area contributed by atoms with Crippen LogP contribution in [0.5, 0.6) is 0 Å². The van der Waals surface area contributed by atoms with Gasteiger partial charge in [0.1, 0.15) is 0 Å². The van der Waals surface area contributed by atoms with Gasteiger partial charge in [0, 0.05) is 5.33 Å². The molecule has 0 saturated heterocycles. The average molecular weight is 311 g/mol. The molecule has 0 amide bonds. The predicted octanol–water partition coefficient (Wildman–Crippen LogP) is 1.62. The lowest BCUT2D eigenvalue weighted by atomic mass is 10.5. The van der Waals surface area contributed by atoms with Crippen LogP contribution in [-0.4, -0.2) is 32.6 Å². The summed E-state index contributed by atoms with van der Waals surface area (Å²) < 4.78 is 32.6. The third kappa shape index (κ3) is 3.08. The van der Waals surface area contributed by atoms with E-state index in [0.29, 0.717) is 11.8 Å². The Bertz CT molecular complexity index is 462. The van der Waals surface area contributed by atoms with Crippen LogP contribution in [0.4, 0.5) is 0 Å². The first kappa shape index (κ1) is 13.2. The average Bonchev–Trinajstić information content (AvgIpc) is 2.75. The van der Waals surface area contributed by atoms with Crippen LogP contribution in [-0.2, 0) is 14.6 Å². The van der Waals surface area contributed by atoms with Gasteiger partial charge in [-0.1, -0.05) is 15.9 Å². The summed E-state index contributed by atoms with van der Waals surface area (Å²) in [6.07, 6.45) is 0.483. The molecule has 0 bridgehead atoms. The minimum atomic E-state index is -3.45. The Labute approximate surface area is 102 Å². The second-order valence-corrected chi connectivity index (χ2v) is 5.80. The molecule has 0 aliphatic rings. The fourth-order valence-electron chi connectivity index (χ4n) is 1.04. The van der Waals surface area contributed by atoms with Crippen molar-refractivity contribution in [2.24, 2.45) is 0 Å². The van der Waals surface area contributed by atoms with E-state index in [2.05, 4.69) is 20.7 Å². The topological polar surface area (TPSA) is 73.6 Å². The van der Waals surface area contributed by atoms with Gasteiger partial charge in [0.15, 0.2) is 0 Å². The molecule has 1 aromatic heterocycles. The highest BCUT2D eigenvalue weighted by Gasteiger charge is 2.20. The smallest absolute Gasteiger partial charge is 0.374 e.